The topological polar surface area (TPSA) is 675 Å². The van der Waals surface area contributed by atoms with Crippen LogP contribution >= 0.6 is 0 Å². The summed E-state index contributed by atoms with van der Waals surface area (Å²) < 4.78 is 91.0. The monoisotopic (exact) mass is 1790 g/mol. The van der Waals surface area contributed by atoms with Gasteiger partial charge < -0.3 is 183 Å². The number of carboxylic acids is 2. The number of aliphatic carboxylic acids is 2. The number of esters is 4. The Bertz CT molecular complexity index is 3900. The van der Waals surface area contributed by atoms with E-state index < -0.39 is 290 Å². The van der Waals surface area contributed by atoms with Crippen LogP contribution in [0.5, 0.6) is 46.0 Å². The molecule has 0 amide bonds. The lowest BCUT2D eigenvalue weighted by Gasteiger charge is -2.41. The summed E-state index contributed by atoms with van der Waals surface area (Å²) in [4.78, 5) is 75.2. The molecule has 4 fully saturated rings. The number of aromatic hydroxyl groups is 4. The number of benzene rings is 4. The molecule has 4 aromatic carbocycles. The van der Waals surface area contributed by atoms with Crippen LogP contribution in [0.4, 0.5) is 0 Å². The number of carboxylic acid groups (broad SMARTS) is 2. The molecule has 43 heteroatoms. The Labute approximate surface area is 715 Å². The lowest BCUT2D eigenvalue weighted by molar-refractivity contribution is -0.309. The Morgan fingerprint density at radius 2 is 0.504 bits per heavy atom. The fraction of sp³-hybridized carbons (Fsp3) is 0.634. The van der Waals surface area contributed by atoms with Crippen LogP contribution < -0.4 is 18.9 Å². The maximum Gasteiger partial charge on any atom is 0.308 e. The number of aliphatic hydroxyl groups excluding tert-OH is 12. The molecule has 21 N–H and O–H groups in total. The summed E-state index contributed by atoms with van der Waals surface area (Å²) in [6, 6.07) is 17.5. The number of rotatable bonds is 46. The van der Waals surface area contributed by atoms with Gasteiger partial charge in [0.05, 0.1) is 110 Å². The van der Waals surface area contributed by atoms with Gasteiger partial charge in [-0.15, -0.1) is 0 Å². The van der Waals surface area contributed by atoms with Crippen LogP contribution in [0.1, 0.15) is 81.5 Å². The van der Waals surface area contributed by atoms with E-state index in [2.05, 4.69) is 0 Å². The first-order chi connectivity index (χ1) is 58.8. The van der Waals surface area contributed by atoms with Crippen molar-refractivity contribution < 1.29 is 212 Å². The second-order valence-corrected chi connectivity index (χ2v) is 32.3. The first-order valence-electron chi connectivity index (χ1n) is 39.7. The van der Waals surface area contributed by atoms with E-state index in [9.17, 15) is 126 Å². The van der Waals surface area contributed by atoms with Crippen LogP contribution in [-0.4, -0.2) is 364 Å². The SMILES string of the molecule is COc1cc(CC(COC2OC(COC(=O)CC(C)(O)CC(=O)O)C(O)C(O)C2O)C(COC2OC(COC(=O)CC(C)(O)CC(=O)OCC3OC(OCC(Cc4ccc(O)c(OC)c4)C(COC4OC(COC(=O)CC(C)(O)CC(=O)O)C(O)C(O)C4O)Cc4ccc(O)c(OC)c4)C(O)C(O)C3O)C(O)C(O)C2O)Cc2ccc(O)c(OC)c2)ccc1O. The van der Waals surface area contributed by atoms with Gasteiger partial charge in [0.1, 0.15) is 124 Å². The predicted molar refractivity (Wildman–Crippen MR) is 417 cm³/mol. The normalized spacial score (nSPS) is 28.8. The minimum atomic E-state index is -2.30. The lowest BCUT2D eigenvalue weighted by atomic mass is 9.83. The highest BCUT2D eigenvalue weighted by Gasteiger charge is 2.51. The molecule has 0 bridgehead atoms. The minimum absolute atomic E-state index is 0.0141. The van der Waals surface area contributed by atoms with Crippen molar-refractivity contribution >= 4 is 35.8 Å². The Hall–Kier alpha value is -8.82. The number of phenols is 4. The number of ether oxygens (including phenoxy) is 16. The molecule has 4 aromatic rings. The molecule has 0 saturated carbocycles. The van der Waals surface area contributed by atoms with Crippen LogP contribution in [0.2, 0.25) is 0 Å². The van der Waals surface area contributed by atoms with Gasteiger partial charge in [-0.25, -0.2) is 0 Å². The van der Waals surface area contributed by atoms with E-state index in [4.69, 9.17) is 86.0 Å². The van der Waals surface area contributed by atoms with Gasteiger partial charge in [-0.1, -0.05) is 24.3 Å². The summed E-state index contributed by atoms with van der Waals surface area (Å²) >= 11 is 0. The molecule has 4 saturated heterocycles. The molecule has 4 aliphatic rings. The summed E-state index contributed by atoms with van der Waals surface area (Å²) in [7, 11) is 5.19. The highest BCUT2D eigenvalue weighted by atomic mass is 16.7. The first-order valence-corrected chi connectivity index (χ1v) is 39.7. The number of hydrogen-bond donors (Lipinski definition) is 21. The van der Waals surface area contributed by atoms with Crippen molar-refractivity contribution in [3.05, 3.63) is 95.1 Å². The van der Waals surface area contributed by atoms with Gasteiger partial charge >= 0.3 is 35.8 Å². The van der Waals surface area contributed by atoms with E-state index in [1.807, 2.05) is 0 Å². The zero-order valence-electron chi connectivity index (χ0n) is 69.4. The van der Waals surface area contributed by atoms with Crippen LogP contribution in [0.3, 0.4) is 0 Å². The Morgan fingerprint density at radius 1 is 0.312 bits per heavy atom. The van der Waals surface area contributed by atoms with E-state index in [-0.39, 0.29) is 71.7 Å². The van der Waals surface area contributed by atoms with E-state index in [0.717, 1.165) is 20.8 Å². The molecule has 125 heavy (non-hydrogen) atoms. The molecule has 0 spiro atoms. The molecule has 26 unspecified atom stereocenters. The highest BCUT2D eigenvalue weighted by Crippen LogP contribution is 2.39. The third kappa shape index (κ3) is 29.1. The summed E-state index contributed by atoms with van der Waals surface area (Å²) in [5, 5.41) is 227. The maximum atomic E-state index is 13.6. The standard InChI is InChI=1S/C82H114O43/c1-80(107,24-58(87)88)26-60(91)114-34-54-64(95)68(99)72(103)76(122-54)118-30-42(16-38-8-12-46(83)50(20-38)110-4)44(18-40-10-14-48(85)52(22-40)112-6)32-120-78-74(105)70(101)66(97)56(124-78)36-116-62(93)28-82(3,109)29-63(94)117-37-57-67(98)71(102)75(106)79(125-57)121-33-45(19-41-11-15-49(86)53(23-41)113-7)43(17-39-9-13-47(84)51(21-39)111-5)31-119-77-73(104)69(100)65(96)55(123-77)35-115-61(92)27-81(2,108)25-59(89)90/h8-15,20-23,42-45,54-57,64-79,83-86,95-109H,16-19,24-37H2,1-7H3,(H,87,88)(H,89,90). The molecule has 8 rings (SSSR count). The Kier molecular flexibility index (Phi) is 37.2. The number of hydrogen-bond acceptors (Lipinski definition) is 41. The van der Waals surface area contributed by atoms with Gasteiger partial charge in [0.25, 0.3) is 0 Å². The van der Waals surface area contributed by atoms with Crippen molar-refractivity contribution in [2.24, 2.45) is 23.7 Å². The molecule has 0 radical (unpaired) electrons. The smallest absolute Gasteiger partial charge is 0.308 e. The Balaban J connectivity index is 0.926. The minimum Gasteiger partial charge on any atom is -0.504 e. The van der Waals surface area contributed by atoms with Crippen LogP contribution in [0.25, 0.3) is 0 Å². The predicted octanol–water partition coefficient (Wildman–Crippen LogP) is -3.49. The quantitative estimate of drug-likeness (QED) is 0.0151. The molecule has 4 heterocycles. The fourth-order valence-corrected chi connectivity index (χ4v) is 14.7. The fourth-order valence-electron chi connectivity index (χ4n) is 14.7. The molecule has 43 nitrogen and oxygen atoms in total. The number of methoxy groups -OCH3 is 4. The molecule has 4 aliphatic heterocycles. The van der Waals surface area contributed by atoms with Gasteiger partial charge in [0, 0.05) is 0 Å². The van der Waals surface area contributed by atoms with Crippen LogP contribution in [-0.2, 0) is 111 Å². The van der Waals surface area contributed by atoms with Crippen molar-refractivity contribution in [2.75, 3.05) is 81.3 Å². The molecule has 0 aromatic heterocycles. The molecular weight excluding hydrogens is 1670 g/mol. The Morgan fingerprint density at radius 3 is 0.688 bits per heavy atom. The molecule has 0 aliphatic carbocycles. The van der Waals surface area contributed by atoms with E-state index >= 15 is 0 Å². The molecular formula is C82H114O43. The zero-order chi connectivity index (χ0) is 92.3. The molecule has 700 valence electrons. The summed E-state index contributed by atoms with van der Waals surface area (Å²) in [6.45, 7) is -2.00. The van der Waals surface area contributed by atoms with Gasteiger partial charge in [-0.3, -0.25) is 28.8 Å². The van der Waals surface area contributed by atoms with Gasteiger partial charge in [0.2, 0.25) is 0 Å². The van der Waals surface area contributed by atoms with Crippen molar-refractivity contribution in [3.8, 4) is 46.0 Å². The largest absolute Gasteiger partial charge is 0.504 e. The van der Waals surface area contributed by atoms with Crippen LogP contribution in [0.15, 0.2) is 72.8 Å². The first kappa shape index (κ1) is 102. The van der Waals surface area contributed by atoms with Crippen LogP contribution in [0, 0.1) is 23.7 Å². The van der Waals surface area contributed by atoms with Crippen molar-refractivity contribution in [2.45, 2.75) is 225 Å². The highest BCUT2D eigenvalue weighted by molar-refractivity contribution is 5.76. The second-order valence-electron chi connectivity index (χ2n) is 32.3. The average Bonchev–Trinajstić information content (AvgIpc) is 0.812. The lowest BCUT2D eigenvalue weighted by Crippen LogP contribution is -2.60. The van der Waals surface area contributed by atoms with Gasteiger partial charge in [-0.05, 0) is 141 Å². The zero-order valence-corrected chi connectivity index (χ0v) is 69.4. The van der Waals surface area contributed by atoms with E-state index in [1.54, 1.807) is 0 Å². The average molecular weight is 1790 g/mol. The number of phenolic OH excluding ortho intramolecular Hbond substituents is 4. The van der Waals surface area contributed by atoms with Crippen molar-refractivity contribution in [1.82, 2.24) is 0 Å². The third-order valence-electron chi connectivity index (χ3n) is 21.7. The van der Waals surface area contributed by atoms with E-state index in [0.29, 0.717) is 22.3 Å². The molecule has 26 atom stereocenters. The number of carbonyl (C=O) groups excluding carboxylic acids is 4. The maximum absolute atomic E-state index is 13.6. The van der Waals surface area contributed by atoms with Crippen molar-refractivity contribution in [3.63, 3.8) is 0 Å². The van der Waals surface area contributed by atoms with Gasteiger partial charge in [0.15, 0.2) is 71.2 Å². The third-order valence-corrected chi connectivity index (χ3v) is 21.7. The van der Waals surface area contributed by atoms with Gasteiger partial charge in [-0.2, -0.15) is 0 Å². The summed E-state index contributed by atoms with van der Waals surface area (Å²) in [5.41, 5.74) is -4.44. The number of carbonyl (C=O) groups is 6. The number of aliphatic hydroxyl groups is 15. The summed E-state index contributed by atoms with van der Waals surface area (Å²) in [5.74, 6) is -11.8. The second kappa shape index (κ2) is 45.7. The van der Waals surface area contributed by atoms with Crippen molar-refractivity contribution in [1.29, 1.82) is 0 Å². The summed E-state index contributed by atoms with van der Waals surface area (Å²) in [6.07, 6.45) is -43.0. The van der Waals surface area contributed by atoms with E-state index in [1.165, 1.54) is 101 Å².